The number of carboxylic acids is 1. The van der Waals surface area contributed by atoms with E-state index in [1.165, 1.54) is 12.5 Å². The van der Waals surface area contributed by atoms with Crippen LogP contribution in [0.1, 0.15) is 72.1 Å². The van der Waals surface area contributed by atoms with Gasteiger partial charge >= 0.3 is 11.9 Å². The molecule has 0 bridgehead atoms. The predicted molar refractivity (Wildman–Crippen MR) is 103 cm³/mol. The van der Waals surface area contributed by atoms with Crippen molar-refractivity contribution in [3.63, 3.8) is 0 Å². The van der Waals surface area contributed by atoms with Crippen LogP contribution in [-0.2, 0) is 19.1 Å². The number of carbonyl (C=O) groups is 3. The molecule has 3 saturated carbocycles. The van der Waals surface area contributed by atoms with Gasteiger partial charge < -0.3 is 9.84 Å². The monoisotopic (exact) mass is 388 g/mol. The van der Waals surface area contributed by atoms with Gasteiger partial charge in [0.25, 0.3) is 0 Å². The van der Waals surface area contributed by atoms with E-state index in [0.717, 1.165) is 44.9 Å². The summed E-state index contributed by atoms with van der Waals surface area (Å²) in [5.41, 5.74) is 1.38. The van der Waals surface area contributed by atoms with Crippen LogP contribution in [0.4, 0.5) is 0 Å². The Hall–Kier alpha value is -1.65. The first kappa shape index (κ1) is 19.7. The van der Waals surface area contributed by atoms with E-state index in [1.807, 2.05) is 6.08 Å². The normalized spacial score (nSPS) is 43.2. The van der Waals surface area contributed by atoms with Gasteiger partial charge in [-0.1, -0.05) is 19.4 Å². The van der Waals surface area contributed by atoms with Gasteiger partial charge in [0.05, 0.1) is 0 Å². The van der Waals surface area contributed by atoms with Gasteiger partial charge in [-0.2, -0.15) is 0 Å². The van der Waals surface area contributed by atoms with Gasteiger partial charge in [-0.15, -0.1) is 0 Å². The maximum absolute atomic E-state index is 12.0. The Labute approximate surface area is 166 Å². The van der Waals surface area contributed by atoms with E-state index in [-0.39, 0.29) is 22.5 Å². The summed E-state index contributed by atoms with van der Waals surface area (Å²) in [6.45, 7) is 5.89. The number of rotatable bonds is 3. The third kappa shape index (κ3) is 2.84. The minimum atomic E-state index is -1.04. The lowest BCUT2D eigenvalue weighted by Crippen LogP contribution is -2.52. The third-order valence-electron chi connectivity index (χ3n) is 8.94. The summed E-state index contributed by atoms with van der Waals surface area (Å²) in [4.78, 5) is 35.3. The van der Waals surface area contributed by atoms with Crippen LogP contribution in [-0.4, -0.2) is 28.9 Å². The van der Waals surface area contributed by atoms with Gasteiger partial charge in [-0.05, 0) is 79.6 Å². The summed E-state index contributed by atoms with van der Waals surface area (Å²) in [6.07, 6.45) is 8.46. The van der Waals surface area contributed by atoms with E-state index < -0.39 is 18.0 Å². The van der Waals surface area contributed by atoms with Crippen LogP contribution in [0, 0.1) is 34.5 Å². The van der Waals surface area contributed by atoms with Gasteiger partial charge in [-0.3, -0.25) is 9.59 Å². The molecule has 4 rings (SSSR count). The van der Waals surface area contributed by atoms with Crippen LogP contribution in [0.15, 0.2) is 11.6 Å². The number of aliphatic carboxylic acids is 1. The molecular weight excluding hydrogens is 356 g/mol. The minimum absolute atomic E-state index is 0.0955. The highest BCUT2D eigenvalue weighted by Gasteiger charge is 2.61. The third-order valence-corrected chi connectivity index (χ3v) is 8.94. The van der Waals surface area contributed by atoms with Crippen molar-refractivity contribution in [2.75, 3.05) is 0 Å². The first-order valence-corrected chi connectivity index (χ1v) is 10.8. The Kier molecular flexibility index (Phi) is 4.71. The van der Waals surface area contributed by atoms with Gasteiger partial charge in [0.1, 0.15) is 0 Å². The van der Waals surface area contributed by atoms with Crippen molar-refractivity contribution in [3.8, 4) is 0 Å². The van der Waals surface area contributed by atoms with Crippen LogP contribution in [0.3, 0.4) is 0 Å². The molecule has 3 fully saturated rings. The van der Waals surface area contributed by atoms with Crippen LogP contribution in [0.5, 0.6) is 0 Å². The average Bonchev–Trinajstić information content (AvgIpc) is 2.97. The Balaban J connectivity index is 1.62. The van der Waals surface area contributed by atoms with Crippen LogP contribution in [0.2, 0.25) is 0 Å². The number of ketones is 1. The van der Waals surface area contributed by atoms with Gasteiger partial charge in [0.2, 0.25) is 6.10 Å². The maximum atomic E-state index is 12.0. The summed E-state index contributed by atoms with van der Waals surface area (Å²) < 4.78 is 5.28. The number of hydrogen-bond acceptors (Lipinski definition) is 4. The van der Waals surface area contributed by atoms with E-state index in [2.05, 4.69) is 13.8 Å². The molecule has 0 radical (unpaired) electrons. The number of esters is 1. The molecule has 2 unspecified atom stereocenters. The van der Waals surface area contributed by atoms with Crippen LogP contribution >= 0.6 is 0 Å². The standard InChI is InChI=1S/C23H32O5/c1-13(24)28-20(21(26)27)19-7-6-17-16-5-4-14-12-15(25)8-10-22(14,2)18(16)9-11-23(17,19)3/h12,16-20H,4-11H2,1-3H3,(H,26,27)/t16-,17-,18-,19?,20?,22-,23-/m0/s1. The molecular formula is C23H32O5. The molecule has 4 aliphatic carbocycles. The van der Waals surface area contributed by atoms with Crippen LogP contribution in [0.25, 0.3) is 0 Å². The molecule has 0 amide bonds. The molecule has 4 aliphatic rings. The highest BCUT2D eigenvalue weighted by atomic mass is 16.6. The SMILES string of the molecule is CC(=O)OC(C(=O)O)C1CC[C@H]2[C@@H]3CCC4=CC(=O)CC[C@]4(C)[C@H]3CC[C@]12C. The predicted octanol–water partition coefficient (Wildman–Crippen LogP) is 4.15. The van der Waals surface area contributed by atoms with E-state index in [9.17, 15) is 19.5 Å². The smallest absolute Gasteiger partial charge is 0.345 e. The first-order chi connectivity index (χ1) is 13.2. The Bertz CT molecular complexity index is 739. The molecule has 0 saturated heterocycles. The summed E-state index contributed by atoms with van der Waals surface area (Å²) in [5.74, 6) is 0.261. The molecule has 5 nitrogen and oxygen atoms in total. The molecule has 0 spiro atoms. The van der Waals surface area contributed by atoms with Gasteiger partial charge in [0, 0.05) is 19.3 Å². The second-order valence-corrected chi connectivity index (χ2v) is 10.1. The van der Waals surface area contributed by atoms with Crippen molar-refractivity contribution < 1.29 is 24.2 Å². The summed E-state index contributed by atoms with van der Waals surface area (Å²) in [5, 5.41) is 9.72. The fraction of sp³-hybridized carbons (Fsp3) is 0.783. The van der Waals surface area contributed by atoms with Crippen molar-refractivity contribution >= 4 is 17.7 Å². The molecule has 0 aromatic carbocycles. The zero-order chi connectivity index (χ0) is 20.3. The van der Waals surface area contributed by atoms with Crippen LogP contribution < -0.4 is 0 Å². The Morgan fingerprint density at radius 2 is 1.86 bits per heavy atom. The molecule has 0 aromatic heterocycles. The minimum Gasteiger partial charge on any atom is -0.478 e. The van der Waals surface area contributed by atoms with Crippen molar-refractivity contribution in [3.05, 3.63) is 11.6 Å². The lowest BCUT2D eigenvalue weighted by Gasteiger charge is -2.58. The van der Waals surface area contributed by atoms with Crippen molar-refractivity contribution in [1.29, 1.82) is 0 Å². The maximum Gasteiger partial charge on any atom is 0.345 e. The molecule has 154 valence electrons. The quantitative estimate of drug-likeness (QED) is 0.735. The summed E-state index contributed by atoms with van der Waals surface area (Å²) >= 11 is 0. The topological polar surface area (TPSA) is 80.7 Å². The largest absolute Gasteiger partial charge is 0.478 e. The zero-order valence-electron chi connectivity index (χ0n) is 17.2. The number of hydrogen-bond donors (Lipinski definition) is 1. The summed E-state index contributed by atoms with van der Waals surface area (Å²) in [7, 11) is 0. The molecule has 5 heteroatoms. The molecule has 0 heterocycles. The molecule has 0 aliphatic heterocycles. The van der Waals surface area contributed by atoms with Crippen molar-refractivity contribution in [1.82, 2.24) is 0 Å². The van der Waals surface area contributed by atoms with E-state index in [0.29, 0.717) is 24.2 Å². The van der Waals surface area contributed by atoms with Gasteiger partial charge in [0.15, 0.2) is 5.78 Å². The number of carboxylic acid groups (broad SMARTS) is 1. The highest BCUT2D eigenvalue weighted by Crippen LogP contribution is 2.67. The Morgan fingerprint density at radius 1 is 1.11 bits per heavy atom. The fourth-order valence-corrected chi connectivity index (χ4v) is 7.58. The molecule has 0 aromatic rings. The van der Waals surface area contributed by atoms with E-state index in [1.54, 1.807) is 0 Å². The second-order valence-electron chi connectivity index (χ2n) is 10.1. The van der Waals surface area contributed by atoms with Gasteiger partial charge in [-0.25, -0.2) is 4.79 Å². The molecule has 1 N–H and O–H groups in total. The highest BCUT2D eigenvalue weighted by molar-refractivity contribution is 5.91. The van der Waals surface area contributed by atoms with Crippen molar-refractivity contribution in [2.45, 2.75) is 78.2 Å². The van der Waals surface area contributed by atoms with Crippen molar-refractivity contribution in [2.24, 2.45) is 34.5 Å². The number of carbonyl (C=O) groups excluding carboxylic acids is 2. The number of fused-ring (bicyclic) bond motifs is 5. The number of allylic oxidation sites excluding steroid dienone is 1. The van der Waals surface area contributed by atoms with E-state index in [4.69, 9.17) is 4.74 Å². The average molecular weight is 389 g/mol. The summed E-state index contributed by atoms with van der Waals surface area (Å²) in [6, 6.07) is 0. The number of ether oxygens (including phenoxy) is 1. The Morgan fingerprint density at radius 3 is 2.54 bits per heavy atom. The molecule has 7 atom stereocenters. The first-order valence-electron chi connectivity index (χ1n) is 10.8. The lowest BCUT2D eigenvalue weighted by molar-refractivity contribution is -0.172. The zero-order valence-corrected chi connectivity index (χ0v) is 17.2. The fourth-order valence-electron chi connectivity index (χ4n) is 7.58. The molecule has 28 heavy (non-hydrogen) atoms. The second kappa shape index (κ2) is 6.70. The van der Waals surface area contributed by atoms with E-state index >= 15 is 0 Å². The lowest BCUT2D eigenvalue weighted by atomic mass is 9.46.